The molecule has 0 spiro atoms. The fourth-order valence-corrected chi connectivity index (χ4v) is 2.78. The first-order valence-electron chi connectivity index (χ1n) is 8.57. The Bertz CT molecular complexity index is 974. The van der Waals surface area contributed by atoms with Crippen LogP contribution in [-0.4, -0.2) is 30.2 Å². The third-order valence-electron chi connectivity index (χ3n) is 4.22. The van der Waals surface area contributed by atoms with Crippen LogP contribution in [0, 0.1) is 0 Å². The molecule has 2 aromatic carbocycles. The van der Waals surface area contributed by atoms with Crippen molar-refractivity contribution in [3.63, 3.8) is 0 Å². The molecule has 9 nitrogen and oxygen atoms in total. The monoisotopic (exact) mass is 380 g/mol. The van der Waals surface area contributed by atoms with Gasteiger partial charge in [-0.3, -0.25) is 25.2 Å². The third-order valence-corrected chi connectivity index (χ3v) is 4.22. The van der Waals surface area contributed by atoms with E-state index in [1.807, 2.05) is 6.07 Å². The average Bonchev–Trinajstić information content (AvgIpc) is 3.20. The number of hydrogen-bond acceptors (Lipinski definition) is 6. The van der Waals surface area contributed by atoms with Gasteiger partial charge in [-0.15, -0.1) is 0 Å². The van der Waals surface area contributed by atoms with Crippen LogP contribution in [0.5, 0.6) is 11.5 Å². The molecule has 0 saturated carbocycles. The molecular formula is C19H16N4O5. The zero-order valence-corrected chi connectivity index (χ0v) is 14.7. The molecule has 142 valence electrons. The third kappa shape index (κ3) is 3.50. The number of carbonyl (C=O) groups is 3. The topological polar surface area (TPSA) is 109 Å². The zero-order chi connectivity index (χ0) is 19.5. The first-order chi connectivity index (χ1) is 13.6. The molecule has 0 bridgehead atoms. The summed E-state index contributed by atoms with van der Waals surface area (Å²) in [5.74, 6) is -0.274. The van der Waals surface area contributed by atoms with Crippen LogP contribution in [0.2, 0.25) is 0 Å². The van der Waals surface area contributed by atoms with Crippen LogP contribution in [0.15, 0.2) is 53.6 Å². The van der Waals surface area contributed by atoms with Gasteiger partial charge < -0.3 is 9.47 Å². The number of nitrogens with zero attached hydrogens (tertiary/aromatic N) is 2. The van der Waals surface area contributed by atoms with E-state index in [1.54, 1.807) is 36.4 Å². The maximum atomic E-state index is 12.4. The number of hydrogen-bond donors (Lipinski definition) is 2. The Labute approximate surface area is 159 Å². The van der Waals surface area contributed by atoms with E-state index in [9.17, 15) is 14.4 Å². The molecule has 28 heavy (non-hydrogen) atoms. The van der Waals surface area contributed by atoms with E-state index >= 15 is 0 Å². The summed E-state index contributed by atoms with van der Waals surface area (Å²) in [4.78, 5) is 36.7. The van der Waals surface area contributed by atoms with Gasteiger partial charge in [-0.2, -0.15) is 5.10 Å². The second kappa shape index (κ2) is 7.39. The SMILES string of the molecule is O=C(NNC(=O)c1ccc2c(c1)OCO2)C1=NN(c2ccccc2)C(=O)CC1. The van der Waals surface area contributed by atoms with Gasteiger partial charge in [0.2, 0.25) is 12.7 Å². The molecule has 0 radical (unpaired) electrons. The van der Waals surface area contributed by atoms with Crippen LogP contribution in [-0.2, 0) is 9.59 Å². The first-order valence-corrected chi connectivity index (χ1v) is 8.57. The van der Waals surface area contributed by atoms with E-state index in [0.29, 0.717) is 22.7 Å². The number of benzene rings is 2. The molecule has 2 heterocycles. The molecule has 0 unspecified atom stereocenters. The van der Waals surface area contributed by atoms with Crippen molar-refractivity contribution in [2.45, 2.75) is 12.8 Å². The molecule has 4 rings (SSSR count). The molecule has 2 aliphatic rings. The summed E-state index contributed by atoms with van der Waals surface area (Å²) in [6, 6.07) is 13.5. The Morgan fingerprint density at radius 2 is 1.68 bits per heavy atom. The molecule has 0 saturated heterocycles. The molecule has 2 aliphatic heterocycles. The number of fused-ring (bicyclic) bond motifs is 1. The summed E-state index contributed by atoms with van der Waals surface area (Å²) < 4.78 is 10.4. The lowest BCUT2D eigenvalue weighted by atomic mass is 10.1. The highest BCUT2D eigenvalue weighted by Crippen LogP contribution is 2.32. The molecule has 0 aliphatic carbocycles. The highest BCUT2D eigenvalue weighted by molar-refractivity contribution is 6.40. The lowest BCUT2D eigenvalue weighted by Crippen LogP contribution is -2.47. The second-order valence-electron chi connectivity index (χ2n) is 6.06. The van der Waals surface area contributed by atoms with E-state index < -0.39 is 11.8 Å². The lowest BCUT2D eigenvalue weighted by Gasteiger charge is -2.23. The molecule has 0 fully saturated rings. The van der Waals surface area contributed by atoms with Crippen molar-refractivity contribution < 1.29 is 23.9 Å². The van der Waals surface area contributed by atoms with Gasteiger partial charge >= 0.3 is 0 Å². The lowest BCUT2D eigenvalue weighted by molar-refractivity contribution is -0.119. The van der Waals surface area contributed by atoms with Crippen LogP contribution in [0.25, 0.3) is 0 Å². The predicted molar refractivity (Wildman–Crippen MR) is 98.8 cm³/mol. The second-order valence-corrected chi connectivity index (χ2v) is 6.06. The maximum absolute atomic E-state index is 12.4. The Morgan fingerprint density at radius 3 is 2.50 bits per heavy atom. The number of hydrazone groups is 1. The van der Waals surface area contributed by atoms with Gasteiger partial charge in [-0.1, -0.05) is 18.2 Å². The van der Waals surface area contributed by atoms with Gasteiger partial charge in [-0.05, 0) is 30.3 Å². The molecule has 2 N–H and O–H groups in total. The van der Waals surface area contributed by atoms with E-state index in [-0.39, 0.29) is 31.3 Å². The van der Waals surface area contributed by atoms with Gasteiger partial charge in [0.1, 0.15) is 5.71 Å². The fraction of sp³-hybridized carbons (Fsp3) is 0.158. The zero-order valence-electron chi connectivity index (χ0n) is 14.7. The summed E-state index contributed by atoms with van der Waals surface area (Å²) in [6.07, 6.45) is 0.338. The van der Waals surface area contributed by atoms with Gasteiger partial charge in [-0.25, -0.2) is 5.01 Å². The van der Waals surface area contributed by atoms with Crippen LogP contribution >= 0.6 is 0 Å². The largest absolute Gasteiger partial charge is 0.454 e. The molecular weight excluding hydrogens is 364 g/mol. The Balaban J connectivity index is 1.42. The van der Waals surface area contributed by atoms with Crippen molar-refractivity contribution in [1.29, 1.82) is 0 Å². The van der Waals surface area contributed by atoms with Crippen molar-refractivity contribution in [2.24, 2.45) is 5.10 Å². The molecule has 9 heteroatoms. The normalized spacial score (nSPS) is 15.1. The Kier molecular flexibility index (Phi) is 4.63. The average molecular weight is 380 g/mol. The minimum absolute atomic E-state index is 0.105. The smallest absolute Gasteiger partial charge is 0.285 e. The van der Waals surface area contributed by atoms with Crippen molar-refractivity contribution in [3.8, 4) is 11.5 Å². The summed E-state index contributed by atoms with van der Waals surface area (Å²) in [5.41, 5.74) is 5.68. The van der Waals surface area contributed by atoms with Crippen molar-refractivity contribution in [2.75, 3.05) is 11.8 Å². The standard InChI is InChI=1S/C19H16N4O5/c24-17-9-7-14(22-23(17)13-4-2-1-3-5-13)19(26)21-20-18(25)12-6-8-15-16(10-12)28-11-27-15/h1-6,8,10H,7,9,11H2,(H,20,25)(H,21,26). The number of anilines is 1. The van der Waals surface area contributed by atoms with Crippen molar-refractivity contribution >= 4 is 29.1 Å². The number of hydrazine groups is 1. The molecule has 0 aromatic heterocycles. The number of carbonyl (C=O) groups excluding carboxylic acids is 3. The predicted octanol–water partition coefficient (Wildman–Crippen LogP) is 1.36. The Morgan fingerprint density at radius 1 is 0.929 bits per heavy atom. The van der Waals surface area contributed by atoms with Crippen molar-refractivity contribution in [1.82, 2.24) is 10.9 Å². The number of ether oxygens (including phenoxy) is 2. The van der Waals surface area contributed by atoms with Gasteiger partial charge in [0, 0.05) is 18.4 Å². The summed E-state index contributed by atoms with van der Waals surface area (Å²) in [6.45, 7) is 0.105. The number of rotatable bonds is 3. The van der Waals surface area contributed by atoms with E-state index in [1.165, 1.54) is 11.1 Å². The summed E-state index contributed by atoms with van der Waals surface area (Å²) in [7, 11) is 0. The van der Waals surface area contributed by atoms with E-state index in [0.717, 1.165) is 0 Å². The van der Waals surface area contributed by atoms with Crippen LogP contribution in [0.1, 0.15) is 23.2 Å². The quantitative estimate of drug-likeness (QED) is 0.782. The van der Waals surface area contributed by atoms with Crippen LogP contribution < -0.4 is 25.3 Å². The highest BCUT2D eigenvalue weighted by Gasteiger charge is 2.26. The molecule has 0 atom stereocenters. The first kappa shape index (κ1) is 17.5. The highest BCUT2D eigenvalue weighted by atomic mass is 16.7. The van der Waals surface area contributed by atoms with Crippen LogP contribution in [0.4, 0.5) is 5.69 Å². The van der Waals surface area contributed by atoms with Gasteiger partial charge in [0.25, 0.3) is 11.8 Å². The number of amides is 3. The van der Waals surface area contributed by atoms with Crippen molar-refractivity contribution in [3.05, 3.63) is 54.1 Å². The molecule has 3 amide bonds. The number of nitrogens with one attached hydrogen (secondary N) is 2. The summed E-state index contributed by atoms with van der Waals surface area (Å²) in [5, 5.41) is 5.32. The molecule has 2 aromatic rings. The maximum Gasteiger partial charge on any atom is 0.285 e. The summed E-state index contributed by atoms with van der Waals surface area (Å²) >= 11 is 0. The van der Waals surface area contributed by atoms with E-state index in [4.69, 9.17) is 9.47 Å². The fourth-order valence-electron chi connectivity index (χ4n) is 2.78. The van der Waals surface area contributed by atoms with Gasteiger partial charge in [0.05, 0.1) is 5.69 Å². The Hall–Kier alpha value is -3.88. The van der Waals surface area contributed by atoms with Gasteiger partial charge in [0.15, 0.2) is 11.5 Å². The number of para-hydroxylation sites is 1. The van der Waals surface area contributed by atoms with E-state index in [2.05, 4.69) is 16.0 Å². The minimum Gasteiger partial charge on any atom is -0.454 e. The van der Waals surface area contributed by atoms with Crippen LogP contribution in [0.3, 0.4) is 0 Å². The minimum atomic E-state index is -0.581.